The Morgan fingerprint density at radius 3 is 2.24 bits per heavy atom. The summed E-state index contributed by atoms with van der Waals surface area (Å²) < 4.78 is 4.88. The molecule has 0 heterocycles. The SMILES string of the molecule is COC(=O)C1(c2ccc([N+](=O)[O-])cc2)CC(O)(C(C)C)C1. The number of benzene rings is 1. The van der Waals surface area contributed by atoms with Crippen LogP contribution in [0.4, 0.5) is 5.69 Å². The van der Waals surface area contributed by atoms with Gasteiger partial charge in [-0.25, -0.2) is 0 Å². The molecule has 114 valence electrons. The van der Waals surface area contributed by atoms with Crippen LogP contribution in [0, 0.1) is 16.0 Å². The van der Waals surface area contributed by atoms with Crippen LogP contribution >= 0.6 is 0 Å². The molecule has 0 saturated heterocycles. The van der Waals surface area contributed by atoms with Gasteiger partial charge in [-0.05, 0) is 24.3 Å². The molecule has 0 amide bonds. The molecule has 1 fully saturated rings. The Morgan fingerprint density at radius 1 is 1.33 bits per heavy atom. The third-order valence-corrected chi connectivity index (χ3v) is 4.50. The Balaban J connectivity index is 2.35. The number of nitrogens with zero attached hydrogens (tertiary/aromatic N) is 1. The van der Waals surface area contributed by atoms with Crippen LogP contribution in [0.5, 0.6) is 0 Å². The van der Waals surface area contributed by atoms with Crippen LogP contribution in [0.15, 0.2) is 24.3 Å². The Kier molecular flexibility index (Phi) is 3.76. The lowest BCUT2D eigenvalue weighted by atomic mass is 9.53. The van der Waals surface area contributed by atoms with E-state index in [4.69, 9.17) is 4.74 Å². The molecule has 0 bridgehead atoms. The normalized spacial score (nSPS) is 28.0. The Labute approximate surface area is 122 Å². The molecule has 1 saturated carbocycles. The highest BCUT2D eigenvalue weighted by molar-refractivity contribution is 5.85. The molecule has 1 aromatic rings. The van der Waals surface area contributed by atoms with Crippen molar-refractivity contribution in [3.63, 3.8) is 0 Å². The molecular formula is C15H19NO5. The fraction of sp³-hybridized carbons (Fsp3) is 0.533. The zero-order valence-electron chi connectivity index (χ0n) is 12.3. The van der Waals surface area contributed by atoms with Gasteiger partial charge in [-0.3, -0.25) is 14.9 Å². The number of carbonyl (C=O) groups is 1. The number of aliphatic hydroxyl groups is 1. The smallest absolute Gasteiger partial charge is 0.316 e. The molecule has 6 heteroatoms. The molecule has 0 unspecified atom stereocenters. The number of nitro benzene ring substituents is 1. The summed E-state index contributed by atoms with van der Waals surface area (Å²) in [7, 11) is 1.31. The maximum atomic E-state index is 12.2. The predicted octanol–water partition coefficient (Wildman–Crippen LogP) is 2.19. The fourth-order valence-corrected chi connectivity index (χ4v) is 2.97. The first-order valence-electron chi connectivity index (χ1n) is 6.81. The summed E-state index contributed by atoms with van der Waals surface area (Å²) in [6.45, 7) is 3.80. The summed E-state index contributed by atoms with van der Waals surface area (Å²) in [5.74, 6) is -0.394. The molecule has 0 aliphatic heterocycles. The van der Waals surface area contributed by atoms with Crippen molar-refractivity contribution in [3.05, 3.63) is 39.9 Å². The average molecular weight is 293 g/mol. The second-order valence-corrected chi connectivity index (χ2v) is 5.99. The van der Waals surface area contributed by atoms with E-state index in [1.54, 1.807) is 12.1 Å². The van der Waals surface area contributed by atoms with Gasteiger partial charge in [-0.15, -0.1) is 0 Å². The molecule has 0 atom stereocenters. The Morgan fingerprint density at radius 2 is 1.86 bits per heavy atom. The average Bonchev–Trinajstić information content (AvgIpc) is 2.42. The van der Waals surface area contributed by atoms with E-state index < -0.39 is 21.9 Å². The first kappa shape index (κ1) is 15.4. The summed E-state index contributed by atoms with van der Waals surface area (Å²) in [5.41, 5.74) is -1.21. The van der Waals surface area contributed by atoms with Crippen molar-refractivity contribution in [2.75, 3.05) is 7.11 Å². The predicted molar refractivity (Wildman–Crippen MR) is 75.8 cm³/mol. The van der Waals surface area contributed by atoms with Crippen LogP contribution in [-0.4, -0.2) is 28.7 Å². The highest BCUT2D eigenvalue weighted by Gasteiger charge is 2.61. The van der Waals surface area contributed by atoms with Gasteiger partial charge < -0.3 is 9.84 Å². The van der Waals surface area contributed by atoms with Crippen LogP contribution in [0.1, 0.15) is 32.3 Å². The van der Waals surface area contributed by atoms with Gasteiger partial charge >= 0.3 is 5.97 Å². The van der Waals surface area contributed by atoms with Gasteiger partial charge in [0, 0.05) is 12.1 Å². The van der Waals surface area contributed by atoms with Gasteiger partial charge in [0.15, 0.2) is 0 Å². The number of esters is 1. The highest BCUT2D eigenvalue weighted by atomic mass is 16.6. The lowest BCUT2D eigenvalue weighted by molar-refractivity contribution is -0.384. The van der Waals surface area contributed by atoms with Crippen molar-refractivity contribution < 1.29 is 19.6 Å². The second kappa shape index (κ2) is 5.11. The lowest BCUT2D eigenvalue weighted by Gasteiger charge is -2.53. The monoisotopic (exact) mass is 293 g/mol. The topological polar surface area (TPSA) is 89.7 Å². The molecule has 1 aliphatic carbocycles. The molecule has 2 rings (SSSR count). The second-order valence-electron chi connectivity index (χ2n) is 5.99. The number of nitro groups is 1. The maximum absolute atomic E-state index is 12.2. The summed E-state index contributed by atoms with van der Waals surface area (Å²) >= 11 is 0. The lowest BCUT2D eigenvalue weighted by Crippen LogP contribution is -2.61. The van der Waals surface area contributed by atoms with E-state index in [2.05, 4.69) is 0 Å². The summed E-state index contributed by atoms with van der Waals surface area (Å²) in [4.78, 5) is 22.4. The van der Waals surface area contributed by atoms with Crippen molar-refractivity contribution in [1.82, 2.24) is 0 Å². The van der Waals surface area contributed by atoms with E-state index in [9.17, 15) is 20.0 Å². The molecule has 21 heavy (non-hydrogen) atoms. The summed E-state index contributed by atoms with van der Waals surface area (Å²) in [6.07, 6.45) is 0.532. The van der Waals surface area contributed by atoms with Crippen LogP contribution < -0.4 is 0 Å². The quantitative estimate of drug-likeness (QED) is 0.522. The van der Waals surface area contributed by atoms with Gasteiger partial charge in [0.25, 0.3) is 5.69 Å². The molecule has 1 aromatic carbocycles. The first-order valence-corrected chi connectivity index (χ1v) is 6.81. The third-order valence-electron chi connectivity index (χ3n) is 4.50. The van der Waals surface area contributed by atoms with Crippen LogP contribution in [0.25, 0.3) is 0 Å². The van der Waals surface area contributed by atoms with Crippen molar-refractivity contribution in [1.29, 1.82) is 0 Å². The van der Waals surface area contributed by atoms with Gasteiger partial charge in [0.1, 0.15) is 0 Å². The largest absolute Gasteiger partial charge is 0.468 e. The number of hydrogen-bond acceptors (Lipinski definition) is 5. The van der Waals surface area contributed by atoms with Crippen molar-refractivity contribution in [3.8, 4) is 0 Å². The first-order chi connectivity index (χ1) is 9.75. The molecule has 1 aliphatic rings. The maximum Gasteiger partial charge on any atom is 0.316 e. The van der Waals surface area contributed by atoms with Crippen LogP contribution in [0.2, 0.25) is 0 Å². The molecule has 0 aromatic heterocycles. The van der Waals surface area contributed by atoms with Crippen molar-refractivity contribution >= 4 is 11.7 Å². The number of hydrogen-bond donors (Lipinski definition) is 1. The van der Waals surface area contributed by atoms with E-state index in [0.29, 0.717) is 5.56 Å². The van der Waals surface area contributed by atoms with E-state index in [1.807, 2.05) is 13.8 Å². The number of methoxy groups -OCH3 is 1. The number of carbonyl (C=O) groups excluding carboxylic acids is 1. The third kappa shape index (κ3) is 2.40. The van der Waals surface area contributed by atoms with E-state index in [1.165, 1.54) is 19.2 Å². The van der Waals surface area contributed by atoms with E-state index in [0.717, 1.165) is 0 Å². The molecule has 6 nitrogen and oxygen atoms in total. The number of ether oxygens (including phenoxy) is 1. The van der Waals surface area contributed by atoms with Crippen LogP contribution in [0.3, 0.4) is 0 Å². The molecule has 0 spiro atoms. The fourth-order valence-electron chi connectivity index (χ4n) is 2.97. The number of rotatable bonds is 4. The zero-order chi connectivity index (χ0) is 15.8. The molecular weight excluding hydrogens is 274 g/mol. The van der Waals surface area contributed by atoms with Gasteiger partial charge in [0.05, 0.1) is 23.0 Å². The highest BCUT2D eigenvalue weighted by Crippen LogP contribution is 2.54. The standard InChI is InChI=1S/C15H19NO5/c1-10(2)15(18)8-14(9-15,13(17)21-3)11-4-6-12(7-5-11)16(19)20/h4-7,10,18H,8-9H2,1-3H3. The summed E-state index contributed by atoms with van der Waals surface area (Å²) in [5, 5.41) is 21.2. The van der Waals surface area contributed by atoms with Crippen molar-refractivity contribution in [2.45, 2.75) is 37.7 Å². The van der Waals surface area contributed by atoms with Gasteiger partial charge in [-0.1, -0.05) is 26.0 Å². The minimum atomic E-state index is -0.914. The Bertz CT molecular complexity index is 558. The molecule has 1 N–H and O–H groups in total. The summed E-state index contributed by atoms with van der Waals surface area (Å²) in [6, 6.07) is 5.86. The molecule has 0 radical (unpaired) electrons. The number of non-ortho nitro benzene ring substituents is 1. The van der Waals surface area contributed by atoms with Crippen molar-refractivity contribution in [2.24, 2.45) is 5.92 Å². The van der Waals surface area contributed by atoms with E-state index >= 15 is 0 Å². The van der Waals surface area contributed by atoms with Gasteiger partial charge in [-0.2, -0.15) is 0 Å². The van der Waals surface area contributed by atoms with Crippen LogP contribution in [-0.2, 0) is 14.9 Å². The van der Waals surface area contributed by atoms with E-state index in [-0.39, 0.29) is 24.4 Å². The van der Waals surface area contributed by atoms with Gasteiger partial charge in [0.2, 0.25) is 0 Å². The Hall–Kier alpha value is -1.95. The zero-order valence-corrected chi connectivity index (χ0v) is 12.3. The minimum Gasteiger partial charge on any atom is -0.468 e. The minimum absolute atomic E-state index is 0.0216.